The van der Waals surface area contributed by atoms with Crippen LogP contribution in [0, 0.1) is 17.1 Å². The molecule has 0 aliphatic rings. The van der Waals surface area contributed by atoms with Gasteiger partial charge in [-0.3, -0.25) is 4.79 Å². The van der Waals surface area contributed by atoms with Crippen LogP contribution in [0.5, 0.6) is 0 Å². The molecule has 1 rings (SSSR count). The summed E-state index contributed by atoms with van der Waals surface area (Å²) < 4.78 is 13.2. The highest BCUT2D eigenvalue weighted by Crippen LogP contribution is 2.19. The Kier molecular flexibility index (Phi) is 2.64. The molecule has 1 aromatic rings. The molecule has 0 amide bonds. The number of hydrogen-bond acceptors (Lipinski definition) is 2. The van der Waals surface area contributed by atoms with Crippen LogP contribution in [0.2, 0.25) is 5.02 Å². The van der Waals surface area contributed by atoms with E-state index in [0.717, 1.165) is 0 Å². The molecule has 0 fully saturated rings. The van der Waals surface area contributed by atoms with Crippen molar-refractivity contribution in [2.24, 2.45) is 0 Å². The molecule has 0 saturated carbocycles. The molecule has 0 heterocycles. The van der Waals surface area contributed by atoms with Gasteiger partial charge in [0.1, 0.15) is 6.07 Å². The number of nitrogens with zero attached hydrogens (tertiary/aromatic N) is 1. The van der Waals surface area contributed by atoms with Crippen molar-refractivity contribution < 1.29 is 9.18 Å². The maximum absolute atomic E-state index is 13.2. The molecule has 0 aliphatic heterocycles. The molecule has 0 spiro atoms. The van der Waals surface area contributed by atoms with Gasteiger partial charge in [-0.15, -0.1) is 0 Å². The van der Waals surface area contributed by atoms with E-state index < -0.39 is 11.6 Å². The van der Waals surface area contributed by atoms with Gasteiger partial charge < -0.3 is 0 Å². The molecule has 4 heteroatoms. The summed E-state index contributed by atoms with van der Waals surface area (Å²) in [6, 6.07) is 4.01. The highest BCUT2D eigenvalue weighted by molar-refractivity contribution is 6.31. The molecule has 0 radical (unpaired) electrons. The van der Waals surface area contributed by atoms with Gasteiger partial charge in [0.15, 0.2) is 11.6 Å². The van der Waals surface area contributed by atoms with Crippen LogP contribution in [-0.4, -0.2) is 5.78 Å². The van der Waals surface area contributed by atoms with Gasteiger partial charge >= 0.3 is 0 Å². The van der Waals surface area contributed by atoms with Gasteiger partial charge in [-0.2, -0.15) is 5.26 Å². The highest BCUT2D eigenvalue weighted by Gasteiger charge is 2.12. The molecule has 0 N–H and O–H groups in total. The lowest BCUT2D eigenvalue weighted by Gasteiger charge is -2.00. The minimum absolute atomic E-state index is 0.149. The van der Waals surface area contributed by atoms with Crippen LogP contribution < -0.4 is 0 Å². The molecule has 0 saturated heterocycles. The minimum atomic E-state index is -0.806. The fourth-order valence-electron chi connectivity index (χ4n) is 0.927. The standard InChI is InChI=1S/C9H5ClFNO/c1-5(13)8-3-7(10)2-6(4-12)9(8)11/h2-3H,1H3. The Balaban J connectivity index is 3.47. The number of Topliss-reactive ketones (excluding diaryl/α,β-unsaturated/α-hetero) is 1. The third kappa shape index (κ3) is 1.85. The number of ketones is 1. The van der Waals surface area contributed by atoms with Crippen LogP contribution in [0.3, 0.4) is 0 Å². The number of carbonyl (C=O) groups is 1. The summed E-state index contributed by atoms with van der Waals surface area (Å²) in [7, 11) is 0. The van der Waals surface area contributed by atoms with Gasteiger partial charge in [0.2, 0.25) is 0 Å². The summed E-state index contributed by atoms with van der Waals surface area (Å²) in [5.74, 6) is -1.25. The Morgan fingerprint density at radius 3 is 2.69 bits per heavy atom. The van der Waals surface area contributed by atoms with Crippen molar-refractivity contribution in [2.75, 3.05) is 0 Å². The largest absolute Gasteiger partial charge is 0.294 e. The molecular formula is C9H5ClFNO. The third-order valence-electron chi connectivity index (χ3n) is 1.54. The van der Waals surface area contributed by atoms with Crippen molar-refractivity contribution in [1.82, 2.24) is 0 Å². The summed E-state index contributed by atoms with van der Waals surface area (Å²) in [5.41, 5.74) is -0.359. The quantitative estimate of drug-likeness (QED) is 0.650. The maximum atomic E-state index is 13.2. The number of halogens is 2. The topological polar surface area (TPSA) is 40.9 Å². The van der Waals surface area contributed by atoms with Crippen molar-refractivity contribution in [1.29, 1.82) is 5.26 Å². The average molecular weight is 198 g/mol. The first-order chi connectivity index (χ1) is 6.06. The summed E-state index contributed by atoms with van der Waals surface area (Å²) in [4.78, 5) is 10.9. The van der Waals surface area contributed by atoms with Crippen LogP contribution in [-0.2, 0) is 0 Å². The van der Waals surface area contributed by atoms with E-state index in [1.807, 2.05) is 0 Å². The lowest BCUT2D eigenvalue weighted by molar-refractivity contribution is 0.101. The number of nitriles is 1. The number of benzene rings is 1. The van der Waals surface area contributed by atoms with E-state index in [4.69, 9.17) is 16.9 Å². The predicted octanol–water partition coefficient (Wildman–Crippen LogP) is 2.55. The second-order valence-corrected chi connectivity index (χ2v) is 2.92. The van der Waals surface area contributed by atoms with Gasteiger partial charge in [-0.1, -0.05) is 11.6 Å². The molecule has 66 valence electrons. The van der Waals surface area contributed by atoms with E-state index in [1.54, 1.807) is 6.07 Å². The monoisotopic (exact) mass is 197 g/mol. The summed E-state index contributed by atoms with van der Waals surface area (Å²) >= 11 is 5.57. The Labute approximate surface area is 79.5 Å². The molecule has 0 atom stereocenters. The van der Waals surface area contributed by atoms with Crippen molar-refractivity contribution in [3.05, 3.63) is 34.1 Å². The Bertz CT molecular complexity index is 409. The van der Waals surface area contributed by atoms with Crippen molar-refractivity contribution in [2.45, 2.75) is 6.92 Å². The van der Waals surface area contributed by atoms with E-state index in [1.165, 1.54) is 19.1 Å². The van der Waals surface area contributed by atoms with E-state index in [-0.39, 0.29) is 16.1 Å². The fourth-order valence-corrected chi connectivity index (χ4v) is 1.15. The molecule has 13 heavy (non-hydrogen) atoms. The first kappa shape index (κ1) is 9.69. The van der Waals surface area contributed by atoms with Crippen LogP contribution in [0.1, 0.15) is 22.8 Å². The lowest BCUT2D eigenvalue weighted by atomic mass is 10.1. The van der Waals surface area contributed by atoms with Crippen LogP contribution in [0.4, 0.5) is 4.39 Å². The third-order valence-corrected chi connectivity index (χ3v) is 1.76. The van der Waals surface area contributed by atoms with Gasteiger partial charge in [-0.25, -0.2) is 4.39 Å². The molecular weight excluding hydrogens is 193 g/mol. The van der Waals surface area contributed by atoms with Gasteiger partial charge in [-0.05, 0) is 19.1 Å². The lowest BCUT2D eigenvalue weighted by Crippen LogP contribution is -1.99. The second-order valence-electron chi connectivity index (χ2n) is 2.48. The summed E-state index contributed by atoms with van der Waals surface area (Å²) in [5, 5.41) is 8.67. The zero-order valence-corrected chi connectivity index (χ0v) is 7.52. The van der Waals surface area contributed by atoms with E-state index in [0.29, 0.717) is 0 Å². The normalized spacial score (nSPS) is 9.38. The Morgan fingerprint density at radius 1 is 1.62 bits per heavy atom. The first-order valence-electron chi connectivity index (χ1n) is 3.46. The molecule has 2 nitrogen and oxygen atoms in total. The first-order valence-corrected chi connectivity index (χ1v) is 3.84. The Hall–Kier alpha value is -1.40. The smallest absolute Gasteiger partial charge is 0.162 e. The average Bonchev–Trinajstić information content (AvgIpc) is 2.08. The SMILES string of the molecule is CC(=O)c1cc(Cl)cc(C#N)c1F. The fraction of sp³-hybridized carbons (Fsp3) is 0.111. The molecule has 0 aliphatic carbocycles. The number of rotatable bonds is 1. The van der Waals surface area contributed by atoms with E-state index >= 15 is 0 Å². The van der Waals surface area contributed by atoms with Crippen molar-refractivity contribution in [3.63, 3.8) is 0 Å². The van der Waals surface area contributed by atoms with E-state index in [2.05, 4.69) is 0 Å². The number of hydrogen-bond donors (Lipinski definition) is 0. The second kappa shape index (κ2) is 3.55. The van der Waals surface area contributed by atoms with E-state index in [9.17, 15) is 9.18 Å². The molecule has 0 unspecified atom stereocenters. The molecule has 1 aromatic carbocycles. The Morgan fingerprint density at radius 2 is 2.23 bits per heavy atom. The predicted molar refractivity (Wildman–Crippen MR) is 46.1 cm³/mol. The molecule has 0 bridgehead atoms. The number of carbonyl (C=O) groups excluding carboxylic acids is 1. The molecule has 0 aromatic heterocycles. The maximum Gasteiger partial charge on any atom is 0.162 e. The van der Waals surface area contributed by atoms with Crippen LogP contribution in [0.15, 0.2) is 12.1 Å². The van der Waals surface area contributed by atoms with Gasteiger partial charge in [0.25, 0.3) is 0 Å². The van der Waals surface area contributed by atoms with Gasteiger partial charge in [0, 0.05) is 5.02 Å². The zero-order chi connectivity index (χ0) is 10.0. The zero-order valence-electron chi connectivity index (χ0n) is 6.77. The minimum Gasteiger partial charge on any atom is -0.294 e. The highest BCUT2D eigenvalue weighted by atomic mass is 35.5. The summed E-state index contributed by atoms with van der Waals surface area (Å²) in [6.07, 6.45) is 0. The summed E-state index contributed by atoms with van der Waals surface area (Å²) in [6.45, 7) is 1.22. The van der Waals surface area contributed by atoms with Crippen molar-refractivity contribution >= 4 is 17.4 Å². The van der Waals surface area contributed by atoms with Crippen LogP contribution in [0.25, 0.3) is 0 Å². The van der Waals surface area contributed by atoms with Gasteiger partial charge in [0.05, 0.1) is 11.1 Å². The van der Waals surface area contributed by atoms with Crippen LogP contribution >= 0.6 is 11.6 Å². The van der Waals surface area contributed by atoms with Crippen molar-refractivity contribution in [3.8, 4) is 6.07 Å².